The first-order valence-corrected chi connectivity index (χ1v) is 27.7. The summed E-state index contributed by atoms with van der Waals surface area (Å²) in [6, 6.07) is -1.16. The van der Waals surface area contributed by atoms with E-state index in [1.54, 1.807) is 54.4 Å². The molecule has 0 spiro atoms. The highest BCUT2D eigenvalue weighted by Gasteiger charge is 2.53. The summed E-state index contributed by atoms with van der Waals surface area (Å²) in [5.74, 6) is -8.11. The van der Waals surface area contributed by atoms with Crippen molar-refractivity contribution in [2.75, 3.05) is 41.2 Å². The smallest absolute Gasteiger partial charge is 0.329 e. The Morgan fingerprint density at radius 3 is 2.22 bits per heavy atom. The van der Waals surface area contributed by atoms with Crippen molar-refractivity contribution in [1.82, 2.24) is 4.90 Å². The van der Waals surface area contributed by atoms with Gasteiger partial charge in [0.25, 0.3) is 11.7 Å². The summed E-state index contributed by atoms with van der Waals surface area (Å²) in [6.07, 6.45) is 11.4. The van der Waals surface area contributed by atoms with Crippen LogP contribution in [-0.4, -0.2) is 140 Å². The van der Waals surface area contributed by atoms with E-state index in [9.17, 15) is 38.8 Å². The van der Waals surface area contributed by atoms with Crippen LogP contribution >= 0.6 is 7.37 Å². The third-order valence-electron chi connectivity index (χ3n) is 14.8. The van der Waals surface area contributed by atoms with Gasteiger partial charge in [0.05, 0.1) is 24.4 Å². The van der Waals surface area contributed by atoms with Gasteiger partial charge < -0.3 is 43.3 Å². The lowest BCUT2D eigenvalue weighted by Crippen LogP contribution is -2.61. The van der Waals surface area contributed by atoms with E-state index in [4.69, 9.17) is 28.2 Å². The first-order chi connectivity index (χ1) is 32.4. The van der Waals surface area contributed by atoms with E-state index in [0.29, 0.717) is 63.4 Å². The number of hydrogen-bond donors (Lipinski definition) is 2. The molecule has 2 saturated heterocycles. The molecule has 3 fully saturated rings. The number of aliphatic hydroxyl groups excluding tert-OH is 1. The van der Waals surface area contributed by atoms with Gasteiger partial charge in [-0.1, -0.05) is 71.1 Å². The predicted molar refractivity (Wildman–Crippen MR) is 263 cm³/mol. The number of piperidine rings is 1. The number of esters is 1. The van der Waals surface area contributed by atoms with Crippen LogP contribution in [0.25, 0.3) is 0 Å². The normalized spacial score (nSPS) is 39.0. The highest BCUT2D eigenvalue weighted by molar-refractivity contribution is 7.57. The zero-order valence-electron chi connectivity index (χ0n) is 43.4. The van der Waals surface area contributed by atoms with Gasteiger partial charge in [0.2, 0.25) is 5.79 Å². The number of allylic oxidation sites excluding steroid dienone is 6. The SMILES string of the molecule is CO[C@H]1C[C@@H]2CC[C@@H](C)[C@@](O)(O2)C(=O)C(=O)N2CCCC[C@H]2C(=O)O[C@H]([C@H](C)C[C@H]2CC[C@@H](OP(C)(C)=O)[C@H](OC)C2)CC(=O)[C@H](C)/C=C(\C)[C@@H](O)[C@@H](OC)C(=O)[C@H](C)C[C@H](C)/C=C/C=C/C=C/1C. The summed E-state index contributed by atoms with van der Waals surface area (Å²) in [7, 11) is 1.76. The lowest BCUT2D eigenvalue weighted by Gasteiger charge is -2.42. The molecule has 16 heteroatoms. The molecule has 4 aliphatic rings. The Labute approximate surface area is 411 Å². The van der Waals surface area contributed by atoms with Crippen molar-refractivity contribution in [3.8, 4) is 0 Å². The van der Waals surface area contributed by atoms with Crippen LogP contribution in [0.4, 0.5) is 0 Å². The minimum absolute atomic E-state index is 0.0117. The van der Waals surface area contributed by atoms with Crippen molar-refractivity contribution in [2.45, 2.75) is 180 Å². The molecule has 3 aliphatic heterocycles. The second-order valence-corrected chi connectivity index (χ2v) is 23.6. The monoisotopic (exact) mass is 990 g/mol. The molecule has 15 nitrogen and oxygen atoms in total. The Morgan fingerprint density at radius 2 is 1.57 bits per heavy atom. The van der Waals surface area contributed by atoms with Crippen LogP contribution in [-0.2, 0) is 56.7 Å². The average Bonchev–Trinajstić information content (AvgIpc) is 3.30. The number of aliphatic hydroxyl groups is 2. The molecular weight excluding hydrogens is 906 g/mol. The van der Waals surface area contributed by atoms with E-state index < -0.39 is 85.1 Å². The lowest BCUT2D eigenvalue weighted by atomic mass is 9.78. The first kappa shape index (κ1) is 58.4. The van der Waals surface area contributed by atoms with Gasteiger partial charge in [-0.2, -0.15) is 0 Å². The molecule has 0 unspecified atom stereocenters. The number of amides is 1. The number of fused-ring (bicyclic) bond motifs is 3. The Morgan fingerprint density at radius 1 is 0.855 bits per heavy atom. The minimum Gasteiger partial charge on any atom is -0.460 e. The van der Waals surface area contributed by atoms with E-state index in [2.05, 4.69) is 0 Å². The quantitative estimate of drug-likeness (QED) is 0.104. The fourth-order valence-electron chi connectivity index (χ4n) is 10.5. The Hall–Kier alpha value is -3.14. The van der Waals surface area contributed by atoms with Crippen LogP contribution in [0.1, 0.15) is 126 Å². The lowest BCUT2D eigenvalue weighted by molar-refractivity contribution is -0.265. The largest absolute Gasteiger partial charge is 0.460 e. The van der Waals surface area contributed by atoms with Gasteiger partial charge in [0.15, 0.2) is 13.2 Å². The summed E-state index contributed by atoms with van der Waals surface area (Å²) in [4.78, 5) is 72.2. The maximum atomic E-state index is 14.5. The van der Waals surface area contributed by atoms with Crippen LogP contribution in [0.5, 0.6) is 0 Å². The van der Waals surface area contributed by atoms with Crippen molar-refractivity contribution in [2.24, 2.45) is 35.5 Å². The van der Waals surface area contributed by atoms with Crippen molar-refractivity contribution in [3.05, 3.63) is 47.6 Å². The standard InChI is InChI=1S/C53H84NO14P/c1-32-18-14-13-15-19-33(2)44(63-8)30-40-23-21-38(7)53(61,67-40)50(58)51(59)54-25-17-16-20-41(54)52(60)66-45(35(4)28-39-22-24-43(46(29-39)64-9)68-69(11,12)62)31-42(55)34(3)27-37(6)48(57)49(65-10)47(56)36(5)26-32/h13-15,18-19,27,32,34-36,38-41,43-46,48-49,57,61H,16-17,20-26,28-31H2,1-12H3/b15-13+,18-14+,33-19+,37-27+/t32-,34-,35-,36-,38-,39-,40+,41+,43-,44+,45+,46-,48-,49+,53-/m1/s1. The van der Waals surface area contributed by atoms with Crippen molar-refractivity contribution >= 4 is 36.6 Å². The number of hydrogen-bond acceptors (Lipinski definition) is 14. The number of nitrogens with zero attached hydrogens (tertiary/aromatic N) is 1. The van der Waals surface area contributed by atoms with Crippen LogP contribution in [0.3, 0.4) is 0 Å². The van der Waals surface area contributed by atoms with Crippen LogP contribution in [0.2, 0.25) is 0 Å². The molecule has 0 aromatic carbocycles. The number of carbonyl (C=O) groups is 5. The van der Waals surface area contributed by atoms with E-state index in [-0.39, 0.29) is 60.9 Å². The molecule has 2 N–H and O–H groups in total. The second kappa shape index (κ2) is 26.5. The van der Waals surface area contributed by atoms with E-state index >= 15 is 0 Å². The van der Waals surface area contributed by atoms with E-state index in [1.807, 2.05) is 58.1 Å². The summed E-state index contributed by atoms with van der Waals surface area (Å²) in [5, 5.41) is 23.5. The number of carbonyl (C=O) groups excluding carboxylic acids is 5. The molecule has 69 heavy (non-hydrogen) atoms. The molecule has 1 aliphatic carbocycles. The molecule has 390 valence electrons. The number of cyclic esters (lactones) is 1. The summed E-state index contributed by atoms with van der Waals surface area (Å²) in [6.45, 7) is 15.9. The number of methoxy groups -OCH3 is 3. The van der Waals surface area contributed by atoms with Gasteiger partial charge >= 0.3 is 5.97 Å². The molecule has 1 saturated carbocycles. The second-order valence-electron chi connectivity index (χ2n) is 20.9. The van der Waals surface area contributed by atoms with E-state index in [1.165, 1.54) is 12.0 Å². The number of ether oxygens (including phenoxy) is 5. The number of rotatable bonds is 8. The molecule has 0 aromatic rings. The zero-order valence-corrected chi connectivity index (χ0v) is 44.3. The number of Topliss-reactive ketones (excluding diaryl/α,β-unsaturated/α-hetero) is 3. The summed E-state index contributed by atoms with van der Waals surface area (Å²) in [5.41, 5.74) is 1.25. The third kappa shape index (κ3) is 16.2. The predicted octanol–water partition coefficient (Wildman–Crippen LogP) is 7.74. The molecule has 4 rings (SSSR count). The fourth-order valence-corrected chi connectivity index (χ4v) is 11.4. The Balaban J connectivity index is 1.70. The summed E-state index contributed by atoms with van der Waals surface area (Å²) >= 11 is 0. The molecule has 0 radical (unpaired) electrons. The van der Waals surface area contributed by atoms with Crippen molar-refractivity contribution < 1.29 is 67.0 Å². The van der Waals surface area contributed by atoms with Gasteiger partial charge in [-0.15, -0.1) is 0 Å². The van der Waals surface area contributed by atoms with Gasteiger partial charge in [0.1, 0.15) is 30.1 Å². The maximum absolute atomic E-state index is 14.5. The summed E-state index contributed by atoms with van der Waals surface area (Å²) < 4.78 is 48.2. The first-order valence-electron chi connectivity index (χ1n) is 25.2. The van der Waals surface area contributed by atoms with Crippen LogP contribution < -0.4 is 0 Å². The van der Waals surface area contributed by atoms with E-state index in [0.717, 1.165) is 12.0 Å². The topological polar surface area (TPSA) is 201 Å². The van der Waals surface area contributed by atoms with Crippen molar-refractivity contribution in [3.63, 3.8) is 0 Å². The highest BCUT2D eigenvalue weighted by Crippen LogP contribution is 2.45. The molecule has 15 atom stereocenters. The highest BCUT2D eigenvalue weighted by atomic mass is 31.2. The van der Waals surface area contributed by atoms with Crippen molar-refractivity contribution in [1.29, 1.82) is 0 Å². The van der Waals surface area contributed by atoms with Crippen LogP contribution in [0.15, 0.2) is 47.6 Å². The minimum atomic E-state index is -2.79. The zero-order chi connectivity index (χ0) is 51.4. The molecule has 2 bridgehead atoms. The van der Waals surface area contributed by atoms with Crippen LogP contribution in [0, 0.1) is 35.5 Å². The third-order valence-corrected chi connectivity index (χ3v) is 15.6. The van der Waals surface area contributed by atoms with Gasteiger partial charge in [0, 0.05) is 71.8 Å². The molecule has 1 amide bonds. The molecule has 3 heterocycles. The molecular formula is C53H84NO14P. The molecule has 0 aromatic heterocycles. The Kier molecular flexibility index (Phi) is 22.5. The number of ketones is 3. The van der Waals surface area contributed by atoms with Gasteiger partial charge in [-0.05, 0) is 107 Å². The fraction of sp³-hybridized carbons (Fsp3) is 0.755. The van der Waals surface area contributed by atoms with Gasteiger partial charge in [-0.25, -0.2) is 4.79 Å². The average molecular weight is 990 g/mol. The van der Waals surface area contributed by atoms with Gasteiger partial charge in [-0.3, -0.25) is 23.7 Å². The maximum Gasteiger partial charge on any atom is 0.329 e. The Bertz CT molecular complexity index is 1940.